The van der Waals surface area contributed by atoms with E-state index in [1.807, 2.05) is 6.92 Å². The summed E-state index contributed by atoms with van der Waals surface area (Å²) < 4.78 is 32.7. The summed E-state index contributed by atoms with van der Waals surface area (Å²) in [5.41, 5.74) is 0.607. The van der Waals surface area contributed by atoms with E-state index in [1.165, 1.54) is 0 Å². The quantitative estimate of drug-likeness (QED) is 0.832. The third-order valence-electron chi connectivity index (χ3n) is 3.26. The van der Waals surface area contributed by atoms with E-state index in [-0.39, 0.29) is 17.0 Å². The van der Waals surface area contributed by atoms with E-state index in [1.54, 1.807) is 31.3 Å². The average Bonchev–Trinajstić information content (AvgIpc) is 2.36. The molecule has 2 rings (SSSR count). The van der Waals surface area contributed by atoms with E-state index in [0.29, 0.717) is 12.3 Å². The van der Waals surface area contributed by atoms with Gasteiger partial charge in [-0.15, -0.1) is 0 Å². The van der Waals surface area contributed by atoms with Crippen LogP contribution in [0.1, 0.15) is 19.8 Å². The Morgan fingerprint density at radius 1 is 1.32 bits per heavy atom. The Hall–Kier alpha value is -1.11. The molecule has 0 radical (unpaired) electrons. The van der Waals surface area contributed by atoms with Crippen molar-refractivity contribution in [2.45, 2.75) is 36.8 Å². The molecule has 0 spiro atoms. The highest BCUT2D eigenvalue weighted by molar-refractivity contribution is 7.89. The van der Waals surface area contributed by atoms with Crippen molar-refractivity contribution in [1.29, 1.82) is 0 Å². The molecule has 0 aliphatic heterocycles. The number of benzene rings is 1. The molecule has 1 aliphatic carbocycles. The van der Waals surface area contributed by atoms with Crippen molar-refractivity contribution in [2.75, 3.05) is 19.0 Å². The van der Waals surface area contributed by atoms with Crippen LogP contribution in [0.2, 0.25) is 0 Å². The molecule has 5 nitrogen and oxygen atoms in total. The fourth-order valence-electron chi connectivity index (χ4n) is 2.22. The molecule has 0 aromatic heterocycles. The van der Waals surface area contributed by atoms with Gasteiger partial charge >= 0.3 is 0 Å². The van der Waals surface area contributed by atoms with Gasteiger partial charge in [0.05, 0.1) is 11.8 Å². The lowest BCUT2D eigenvalue weighted by atomic mass is 9.90. The van der Waals surface area contributed by atoms with Gasteiger partial charge in [0, 0.05) is 19.7 Å². The maximum atomic E-state index is 12.3. The fourth-order valence-corrected chi connectivity index (χ4v) is 3.70. The maximum absolute atomic E-state index is 12.3. The van der Waals surface area contributed by atoms with Crippen LogP contribution in [0.25, 0.3) is 0 Å². The van der Waals surface area contributed by atoms with E-state index in [0.717, 1.165) is 12.8 Å². The lowest BCUT2D eigenvalue weighted by Gasteiger charge is -2.35. The molecule has 0 bridgehead atoms. The second-order valence-electron chi connectivity index (χ2n) is 4.61. The summed E-state index contributed by atoms with van der Waals surface area (Å²) in [5, 5.41) is 2.90. The predicted octanol–water partition coefficient (Wildman–Crippen LogP) is 1.57. The number of nitrogens with one attached hydrogen (secondary N) is 2. The minimum atomic E-state index is -3.47. The molecule has 6 heteroatoms. The third-order valence-corrected chi connectivity index (χ3v) is 4.84. The van der Waals surface area contributed by atoms with Crippen LogP contribution >= 0.6 is 0 Å². The van der Waals surface area contributed by atoms with Gasteiger partial charge in [0.1, 0.15) is 4.90 Å². The normalized spacial score (nSPS) is 22.8. The third kappa shape index (κ3) is 3.26. The predicted molar refractivity (Wildman–Crippen MR) is 74.7 cm³/mol. The Kier molecular flexibility index (Phi) is 4.44. The Labute approximate surface area is 114 Å². The van der Waals surface area contributed by atoms with Crippen LogP contribution < -0.4 is 10.0 Å². The standard InChI is InChI=1S/C13H20N2O3S/c1-3-18-11-8-10(9-11)15-19(16,17)13-7-5-4-6-12(13)14-2/h4-7,10-11,14-15H,3,8-9H2,1-2H3. The molecule has 1 aliphatic rings. The van der Waals surface area contributed by atoms with Crippen molar-refractivity contribution in [3.05, 3.63) is 24.3 Å². The lowest BCUT2D eigenvalue weighted by molar-refractivity contribution is -0.00475. The van der Waals surface area contributed by atoms with Gasteiger partial charge in [-0.2, -0.15) is 0 Å². The molecular weight excluding hydrogens is 264 g/mol. The van der Waals surface area contributed by atoms with Crippen LogP contribution in [0.4, 0.5) is 5.69 Å². The van der Waals surface area contributed by atoms with E-state index < -0.39 is 10.0 Å². The zero-order valence-electron chi connectivity index (χ0n) is 11.2. The van der Waals surface area contributed by atoms with Gasteiger partial charge in [0.25, 0.3) is 0 Å². The number of hydrogen-bond acceptors (Lipinski definition) is 4. The number of sulfonamides is 1. The van der Waals surface area contributed by atoms with Crippen LogP contribution in [0.3, 0.4) is 0 Å². The first kappa shape index (κ1) is 14.3. The monoisotopic (exact) mass is 284 g/mol. The van der Waals surface area contributed by atoms with Crippen LogP contribution in [0.5, 0.6) is 0 Å². The second kappa shape index (κ2) is 5.90. The summed E-state index contributed by atoms with van der Waals surface area (Å²) >= 11 is 0. The number of rotatable bonds is 6. The largest absolute Gasteiger partial charge is 0.387 e. The minimum absolute atomic E-state index is 0.0218. The Morgan fingerprint density at radius 3 is 2.63 bits per heavy atom. The van der Waals surface area contributed by atoms with Gasteiger partial charge in [-0.1, -0.05) is 12.1 Å². The SMILES string of the molecule is CCOC1CC(NS(=O)(=O)c2ccccc2NC)C1. The number of anilines is 1. The van der Waals surface area contributed by atoms with Crippen LogP contribution in [0, 0.1) is 0 Å². The highest BCUT2D eigenvalue weighted by Gasteiger charge is 2.33. The number of hydrogen-bond donors (Lipinski definition) is 2. The Bertz CT molecular complexity index is 524. The topological polar surface area (TPSA) is 67.4 Å². The Morgan fingerprint density at radius 2 is 2.00 bits per heavy atom. The first-order valence-electron chi connectivity index (χ1n) is 6.47. The van der Waals surface area contributed by atoms with Crippen LogP contribution in [0.15, 0.2) is 29.2 Å². The molecule has 19 heavy (non-hydrogen) atoms. The molecule has 0 heterocycles. The maximum Gasteiger partial charge on any atom is 0.242 e. The van der Waals surface area contributed by atoms with Gasteiger partial charge in [0.15, 0.2) is 0 Å². The van der Waals surface area contributed by atoms with E-state index in [9.17, 15) is 8.42 Å². The first-order valence-corrected chi connectivity index (χ1v) is 7.96. The Balaban J connectivity index is 2.03. The van der Waals surface area contributed by atoms with Crippen molar-refractivity contribution in [1.82, 2.24) is 4.72 Å². The zero-order chi connectivity index (χ0) is 13.9. The van der Waals surface area contributed by atoms with E-state index in [4.69, 9.17) is 4.74 Å². The molecule has 1 aromatic rings. The van der Waals surface area contributed by atoms with Gasteiger partial charge in [-0.3, -0.25) is 0 Å². The molecule has 1 aromatic carbocycles. The smallest absolute Gasteiger partial charge is 0.242 e. The van der Waals surface area contributed by atoms with Gasteiger partial charge in [0.2, 0.25) is 10.0 Å². The molecule has 0 amide bonds. The van der Waals surface area contributed by atoms with Crippen molar-refractivity contribution < 1.29 is 13.2 Å². The summed E-state index contributed by atoms with van der Waals surface area (Å²) in [5.74, 6) is 0. The van der Waals surface area contributed by atoms with Gasteiger partial charge < -0.3 is 10.1 Å². The number of ether oxygens (including phenoxy) is 1. The van der Waals surface area contributed by atoms with Gasteiger partial charge in [-0.05, 0) is 31.9 Å². The fraction of sp³-hybridized carbons (Fsp3) is 0.538. The lowest BCUT2D eigenvalue weighted by Crippen LogP contribution is -2.47. The molecule has 0 atom stereocenters. The molecule has 2 N–H and O–H groups in total. The highest BCUT2D eigenvalue weighted by Crippen LogP contribution is 2.27. The van der Waals surface area contributed by atoms with E-state index in [2.05, 4.69) is 10.0 Å². The van der Waals surface area contributed by atoms with Crippen molar-refractivity contribution >= 4 is 15.7 Å². The van der Waals surface area contributed by atoms with Crippen molar-refractivity contribution in [2.24, 2.45) is 0 Å². The summed E-state index contributed by atoms with van der Waals surface area (Å²) in [4.78, 5) is 0.289. The summed E-state index contributed by atoms with van der Waals surface area (Å²) in [7, 11) is -1.76. The van der Waals surface area contributed by atoms with Crippen molar-refractivity contribution in [3.8, 4) is 0 Å². The highest BCUT2D eigenvalue weighted by atomic mass is 32.2. The summed E-state index contributed by atoms with van der Waals surface area (Å²) in [6.07, 6.45) is 1.68. The average molecular weight is 284 g/mol. The summed E-state index contributed by atoms with van der Waals surface area (Å²) in [6.45, 7) is 2.62. The molecule has 0 saturated heterocycles. The summed E-state index contributed by atoms with van der Waals surface area (Å²) in [6, 6.07) is 6.86. The van der Waals surface area contributed by atoms with Crippen LogP contribution in [-0.4, -0.2) is 34.2 Å². The van der Waals surface area contributed by atoms with E-state index >= 15 is 0 Å². The van der Waals surface area contributed by atoms with Crippen molar-refractivity contribution in [3.63, 3.8) is 0 Å². The molecular formula is C13H20N2O3S. The minimum Gasteiger partial charge on any atom is -0.387 e. The van der Waals surface area contributed by atoms with Gasteiger partial charge in [-0.25, -0.2) is 13.1 Å². The molecule has 1 fully saturated rings. The first-order chi connectivity index (χ1) is 9.06. The molecule has 106 valence electrons. The number of para-hydroxylation sites is 1. The zero-order valence-corrected chi connectivity index (χ0v) is 12.0. The molecule has 0 unspecified atom stereocenters. The van der Waals surface area contributed by atoms with Crippen LogP contribution in [-0.2, 0) is 14.8 Å². The molecule has 1 saturated carbocycles. The second-order valence-corrected chi connectivity index (χ2v) is 6.30.